The zero-order valence-electron chi connectivity index (χ0n) is 31.2. The zero-order chi connectivity index (χ0) is 38.9. The van der Waals surface area contributed by atoms with Crippen molar-refractivity contribution in [2.45, 2.75) is 5.72 Å². The number of carbonyl (C=O) groups is 1. The second-order valence-electron chi connectivity index (χ2n) is 14.1. The van der Waals surface area contributed by atoms with Gasteiger partial charge in [-0.1, -0.05) is 182 Å². The number of benzene rings is 8. The fraction of sp³-hybridized carbons (Fsp3) is 0.0192. The van der Waals surface area contributed by atoms with Crippen LogP contribution in [0.5, 0.6) is 0 Å². The van der Waals surface area contributed by atoms with Crippen molar-refractivity contribution in [1.82, 2.24) is 0 Å². The van der Waals surface area contributed by atoms with E-state index < -0.39 is 11.6 Å². The maximum Gasteiger partial charge on any atom is 0.279 e. The molecule has 13 rings (SSSR count). The lowest BCUT2D eigenvalue weighted by Gasteiger charge is -2.30. The highest BCUT2D eigenvalue weighted by Crippen LogP contribution is 2.40. The molecular formula is C52H34N4O2. The van der Waals surface area contributed by atoms with Crippen LogP contribution in [0.2, 0.25) is 0 Å². The molecule has 274 valence electrons. The topological polar surface area (TPSA) is 75.7 Å². The van der Waals surface area contributed by atoms with Gasteiger partial charge in [0.25, 0.3) is 11.6 Å². The van der Waals surface area contributed by atoms with Crippen LogP contribution in [0.15, 0.2) is 226 Å². The minimum absolute atomic E-state index is 0.192. The molecule has 0 aromatic heterocycles. The fourth-order valence-electron chi connectivity index (χ4n) is 7.67. The number of carbonyl (C=O) groups excluding carboxylic acids is 1. The van der Waals surface area contributed by atoms with E-state index in [0.717, 1.165) is 49.7 Å². The minimum Gasteiger partial charge on any atom is -0.438 e. The summed E-state index contributed by atoms with van der Waals surface area (Å²) in [6, 6.07) is 67.8. The largest absolute Gasteiger partial charge is 0.438 e. The van der Waals surface area contributed by atoms with Crippen LogP contribution < -0.4 is 0 Å². The Balaban J connectivity index is 1.29. The summed E-state index contributed by atoms with van der Waals surface area (Å²) in [7, 11) is 0. The quantitative estimate of drug-likeness (QED) is 0.180. The molecule has 5 heterocycles. The van der Waals surface area contributed by atoms with E-state index in [4.69, 9.17) is 24.7 Å². The summed E-state index contributed by atoms with van der Waals surface area (Å²) in [6.07, 6.45) is 0. The summed E-state index contributed by atoms with van der Waals surface area (Å²) in [6.45, 7) is 0. The number of aliphatic imine (C=N–C) groups is 4. The van der Waals surface area contributed by atoms with Gasteiger partial charge in [0, 0.05) is 33.4 Å². The molecule has 5 aliphatic heterocycles. The Bertz CT molecular complexity index is 2940. The van der Waals surface area contributed by atoms with Crippen LogP contribution >= 0.6 is 0 Å². The molecule has 0 saturated heterocycles. The first-order valence-electron chi connectivity index (χ1n) is 19.2. The Morgan fingerprint density at radius 1 is 0.466 bits per heavy atom. The van der Waals surface area contributed by atoms with Gasteiger partial charge in [0.15, 0.2) is 11.7 Å². The second-order valence-corrected chi connectivity index (χ2v) is 14.1. The van der Waals surface area contributed by atoms with Crippen LogP contribution in [-0.4, -0.2) is 29.2 Å². The molecule has 5 aliphatic rings. The molecule has 58 heavy (non-hydrogen) atoms. The van der Waals surface area contributed by atoms with Crippen molar-refractivity contribution in [2.24, 2.45) is 20.0 Å². The van der Waals surface area contributed by atoms with Crippen LogP contribution in [-0.2, 0) is 10.5 Å². The molecule has 0 N–H and O–H groups in total. The summed E-state index contributed by atoms with van der Waals surface area (Å²) in [5.41, 5.74) is 7.60. The van der Waals surface area contributed by atoms with Crippen LogP contribution in [0.3, 0.4) is 0 Å². The fourth-order valence-corrected chi connectivity index (χ4v) is 7.67. The third kappa shape index (κ3) is 6.33. The van der Waals surface area contributed by atoms with Crippen LogP contribution in [0.25, 0.3) is 33.0 Å². The van der Waals surface area contributed by atoms with Gasteiger partial charge in [0.2, 0.25) is 5.90 Å². The van der Waals surface area contributed by atoms with Gasteiger partial charge in [-0.15, -0.1) is 0 Å². The Morgan fingerprint density at radius 2 is 0.983 bits per heavy atom. The molecule has 6 heteroatoms. The molecule has 0 fully saturated rings. The molecule has 0 radical (unpaired) electrons. The van der Waals surface area contributed by atoms with Crippen molar-refractivity contribution in [3.8, 4) is 22.3 Å². The van der Waals surface area contributed by atoms with E-state index in [9.17, 15) is 4.79 Å². The van der Waals surface area contributed by atoms with E-state index in [-0.39, 0.29) is 11.7 Å². The highest BCUT2D eigenvalue weighted by Gasteiger charge is 2.46. The first-order chi connectivity index (χ1) is 28.6. The molecule has 1 amide bonds. The summed E-state index contributed by atoms with van der Waals surface area (Å²) >= 11 is 0. The van der Waals surface area contributed by atoms with Crippen molar-refractivity contribution in [3.63, 3.8) is 0 Å². The monoisotopic (exact) mass is 746 g/mol. The zero-order valence-corrected chi connectivity index (χ0v) is 31.2. The van der Waals surface area contributed by atoms with Crippen LogP contribution in [0.4, 0.5) is 0 Å². The molecule has 8 aromatic carbocycles. The number of amides is 1. The number of amidine groups is 2. The molecule has 0 saturated carbocycles. The molecule has 8 aromatic rings. The van der Waals surface area contributed by atoms with Gasteiger partial charge < -0.3 is 4.74 Å². The highest BCUT2D eigenvalue weighted by atomic mass is 16.5. The normalized spacial score (nSPS) is 16.6. The first-order valence-corrected chi connectivity index (χ1v) is 19.2. The van der Waals surface area contributed by atoms with E-state index in [1.807, 2.05) is 121 Å². The summed E-state index contributed by atoms with van der Waals surface area (Å²) in [4.78, 5) is 34.6. The number of hydrogen-bond acceptors (Lipinski definition) is 4. The maximum atomic E-state index is 13.9. The number of rotatable bonds is 4. The summed E-state index contributed by atoms with van der Waals surface area (Å²) in [5, 5.41) is 2.27. The van der Waals surface area contributed by atoms with Gasteiger partial charge in [-0.25, -0.2) is 9.98 Å². The van der Waals surface area contributed by atoms with Gasteiger partial charge in [-0.05, 0) is 57.3 Å². The van der Waals surface area contributed by atoms with E-state index >= 15 is 0 Å². The number of nitrogens with zero attached hydrogens (tertiary/aromatic N) is 4. The van der Waals surface area contributed by atoms with Crippen molar-refractivity contribution in [3.05, 3.63) is 240 Å². The Morgan fingerprint density at radius 3 is 1.59 bits per heavy atom. The SMILES string of the molecule is O=C(N=C1N=C(c2ccccc2)O[C@]2(c3ccccc3)N=C(N=C2c2ccccc2)c2ccc(cc2)-c2cccc3cccc(c23)-c2ccc1cc2)c1ccccc1. The first kappa shape index (κ1) is 34.6. The van der Waals surface area contributed by atoms with E-state index in [0.29, 0.717) is 28.2 Å². The van der Waals surface area contributed by atoms with Gasteiger partial charge >= 0.3 is 0 Å². The Hall–Kier alpha value is -7.83. The molecular weight excluding hydrogens is 713 g/mol. The summed E-state index contributed by atoms with van der Waals surface area (Å²) in [5.74, 6) is 0.504. The predicted molar refractivity (Wildman–Crippen MR) is 234 cm³/mol. The van der Waals surface area contributed by atoms with Crippen molar-refractivity contribution >= 4 is 40.0 Å². The lowest BCUT2D eigenvalue weighted by Crippen LogP contribution is -2.38. The van der Waals surface area contributed by atoms with Crippen molar-refractivity contribution < 1.29 is 9.53 Å². The molecule has 0 spiro atoms. The van der Waals surface area contributed by atoms with Gasteiger partial charge in [-0.2, -0.15) is 9.98 Å². The molecule has 6 bridgehead atoms. The lowest BCUT2D eigenvalue weighted by molar-refractivity contribution is 0.100. The van der Waals surface area contributed by atoms with Crippen LogP contribution in [0, 0.1) is 0 Å². The van der Waals surface area contributed by atoms with E-state index in [1.165, 1.54) is 0 Å². The van der Waals surface area contributed by atoms with Gasteiger partial charge in [-0.3, -0.25) is 4.79 Å². The number of ether oxygens (including phenoxy) is 1. The van der Waals surface area contributed by atoms with E-state index in [2.05, 4.69) is 72.8 Å². The van der Waals surface area contributed by atoms with Crippen molar-refractivity contribution in [2.75, 3.05) is 0 Å². The van der Waals surface area contributed by atoms with E-state index in [1.54, 1.807) is 12.1 Å². The average Bonchev–Trinajstić information content (AvgIpc) is 3.69. The molecule has 1 atom stereocenters. The molecule has 6 nitrogen and oxygen atoms in total. The maximum absolute atomic E-state index is 13.9. The molecule has 0 aliphatic carbocycles. The smallest absolute Gasteiger partial charge is 0.279 e. The Labute approximate surface area is 335 Å². The minimum atomic E-state index is -1.49. The van der Waals surface area contributed by atoms with Crippen molar-refractivity contribution in [1.29, 1.82) is 0 Å². The highest BCUT2D eigenvalue weighted by molar-refractivity contribution is 6.22. The average molecular weight is 747 g/mol. The standard InChI is InChI=1S/C52H34N4O2/c57-50(41-17-7-2-8-18-41)54-48-39-31-27-35(28-32-39)44-25-13-21-37-22-14-26-45(46(37)44)36-29-33-40(34-30-36)49-53-47(38-15-5-1-6-16-38)52(56-49,43-23-11-4-12-24-43)58-51(55-48)42-19-9-3-10-20-42/h1-34H/t52-/m0/s1. The lowest BCUT2D eigenvalue weighted by atomic mass is 9.91. The van der Waals surface area contributed by atoms with Gasteiger partial charge in [0.1, 0.15) is 5.71 Å². The van der Waals surface area contributed by atoms with Crippen LogP contribution in [0.1, 0.15) is 38.2 Å². The Kier molecular flexibility index (Phi) is 8.77. The van der Waals surface area contributed by atoms with Gasteiger partial charge in [0.05, 0.1) is 0 Å². The summed E-state index contributed by atoms with van der Waals surface area (Å²) < 4.78 is 7.33. The second kappa shape index (κ2) is 14.7. The number of hydrogen-bond donors (Lipinski definition) is 0. The third-order valence-electron chi connectivity index (χ3n) is 10.5. The molecule has 0 unspecified atom stereocenters. The third-order valence-corrected chi connectivity index (χ3v) is 10.5. The predicted octanol–water partition coefficient (Wildman–Crippen LogP) is 11.3.